The Morgan fingerprint density at radius 3 is 2.70 bits per heavy atom. The highest BCUT2D eigenvalue weighted by Crippen LogP contribution is 2.33. The van der Waals surface area contributed by atoms with E-state index >= 15 is 0 Å². The van der Waals surface area contributed by atoms with Crippen molar-refractivity contribution in [1.82, 2.24) is 0 Å². The molecule has 4 nitrogen and oxygen atoms in total. The van der Waals surface area contributed by atoms with E-state index in [1.54, 1.807) is 6.07 Å². The summed E-state index contributed by atoms with van der Waals surface area (Å²) in [5.41, 5.74) is 6.20. The molecule has 1 saturated carbocycles. The van der Waals surface area contributed by atoms with Gasteiger partial charge in [0.2, 0.25) is 0 Å². The molecule has 1 fully saturated rings. The Bertz CT molecular complexity index is 467. The highest BCUT2D eigenvalue weighted by molar-refractivity contribution is 5.97. The molecule has 4 heteroatoms. The van der Waals surface area contributed by atoms with Crippen LogP contribution in [0.3, 0.4) is 0 Å². The van der Waals surface area contributed by atoms with Gasteiger partial charge in [-0.3, -0.25) is 4.79 Å². The van der Waals surface area contributed by atoms with Crippen molar-refractivity contribution in [1.29, 1.82) is 0 Å². The average Bonchev–Trinajstić information content (AvgIpc) is 2.47. The third-order valence-electron chi connectivity index (χ3n) is 4.21. The Balaban J connectivity index is 2.19. The zero-order valence-electron chi connectivity index (χ0n) is 12.1. The molecule has 0 aromatic heterocycles. The highest BCUT2D eigenvalue weighted by atomic mass is 16.3. The summed E-state index contributed by atoms with van der Waals surface area (Å²) >= 11 is 0. The van der Waals surface area contributed by atoms with E-state index in [9.17, 15) is 9.90 Å². The van der Waals surface area contributed by atoms with E-state index in [1.165, 1.54) is 6.42 Å². The fraction of sp³-hybridized carbons (Fsp3) is 0.562. The largest absolute Gasteiger partial charge is 0.371 e. The van der Waals surface area contributed by atoms with Crippen LogP contribution in [-0.4, -0.2) is 30.2 Å². The fourth-order valence-electron chi connectivity index (χ4n) is 2.86. The molecule has 1 aromatic rings. The zero-order valence-corrected chi connectivity index (χ0v) is 12.1. The molecule has 0 unspecified atom stereocenters. The number of anilines is 1. The van der Waals surface area contributed by atoms with Crippen LogP contribution in [0.2, 0.25) is 0 Å². The predicted octanol–water partition coefficient (Wildman–Crippen LogP) is 2.31. The molecular weight excluding hydrogens is 252 g/mol. The monoisotopic (exact) mass is 276 g/mol. The molecule has 0 radical (unpaired) electrons. The molecule has 1 aliphatic carbocycles. The molecule has 0 aliphatic heterocycles. The Morgan fingerprint density at radius 2 is 2.05 bits per heavy atom. The molecular formula is C16H24N2O2. The number of ketones is 1. The first kappa shape index (κ1) is 15.0. The van der Waals surface area contributed by atoms with Gasteiger partial charge in [0.05, 0.1) is 0 Å². The van der Waals surface area contributed by atoms with Crippen LogP contribution in [0.1, 0.15) is 48.9 Å². The van der Waals surface area contributed by atoms with Crippen LogP contribution in [0.5, 0.6) is 0 Å². The Hall–Kier alpha value is -1.39. The van der Waals surface area contributed by atoms with Crippen LogP contribution in [0.25, 0.3) is 0 Å². The van der Waals surface area contributed by atoms with Crippen molar-refractivity contribution in [3.63, 3.8) is 0 Å². The lowest BCUT2D eigenvalue weighted by Gasteiger charge is -2.41. The molecule has 0 spiro atoms. The normalized spacial score (nSPS) is 17.8. The summed E-state index contributed by atoms with van der Waals surface area (Å²) in [5, 5.41) is 10.7. The Kier molecular flexibility index (Phi) is 4.78. The van der Waals surface area contributed by atoms with Crippen LogP contribution in [-0.2, 0) is 0 Å². The Morgan fingerprint density at radius 1 is 1.35 bits per heavy atom. The maximum absolute atomic E-state index is 11.9. The van der Waals surface area contributed by atoms with Crippen molar-refractivity contribution >= 4 is 11.5 Å². The minimum Gasteiger partial charge on any atom is -0.371 e. The molecule has 0 saturated heterocycles. The lowest BCUT2D eigenvalue weighted by Crippen LogP contribution is -2.48. The third kappa shape index (κ3) is 3.19. The molecule has 0 amide bonds. The fourth-order valence-corrected chi connectivity index (χ4v) is 2.86. The molecule has 0 bridgehead atoms. The minimum atomic E-state index is -0.784. The maximum atomic E-state index is 11.9. The van der Waals surface area contributed by atoms with Gasteiger partial charge in [-0.25, -0.2) is 0 Å². The van der Waals surface area contributed by atoms with Gasteiger partial charge in [-0.15, -0.1) is 0 Å². The van der Waals surface area contributed by atoms with E-state index < -0.39 is 5.72 Å². The summed E-state index contributed by atoms with van der Waals surface area (Å²) in [6, 6.07) is 7.46. The molecule has 0 heterocycles. The number of carbonyl (C=O) groups is 1. The van der Waals surface area contributed by atoms with Crippen molar-refractivity contribution in [3.05, 3.63) is 29.8 Å². The number of hydrogen-bond acceptors (Lipinski definition) is 4. The zero-order chi connectivity index (χ0) is 14.6. The molecule has 2 rings (SSSR count). The average molecular weight is 276 g/mol. The van der Waals surface area contributed by atoms with Crippen molar-refractivity contribution in [2.24, 2.45) is 5.73 Å². The van der Waals surface area contributed by atoms with Crippen molar-refractivity contribution in [2.45, 2.75) is 44.2 Å². The van der Waals surface area contributed by atoms with E-state index in [2.05, 4.69) is 0 Å². The van der Waals surface area contributed by atoms with Gasteiger partial charge in [0.15, 0.2) is 5.78 Å². The first-order valence-corrected chi connectivity index (χ1v) is 7.36. The highest BCUT2D eigenvalue weighted by Gasteiger charge is 2.33. The quantitative estimate of drug-likeness (QED) is 0.640. The third-order valence-corrected chi connectivity index (χ3v) is 4.21. The van der Waals surface area contributed by atoms with Crippen molar-refractivity contribution in [3.8, 4) is 0 Å². The predicted molar refractivity (Wildman–Crippen MR) is 80.9 cm³/mol. The molecule has 20 heavy (non-hydrogen) atoms. The van der Waals surface area contributed by atoms with Crippen LogP contribution in [0, 0.1) is 0 Å². The molecule has 0 atom stereocenters. The van der Waals surface area contributed by atoms with Gasteiger partial charge in [-0.1, -0.05) is 18.6 Å². The summed E-state index contributed by atoms with van der Waals surface area (Å²) in [4.78, 5) is 13.8. The van der Waals surface area contributed by atoms with E-state index in [4.69, 9.17) is 5.73 Å². The number of nitrogens with two attached hydrogens (primary N) is 1. The standard InChI is InChI=1S/C16H24N2O2/c1-18(16(20)9-3-2-4-10-16)14-7-5-6-13(12-14)15(19)8-11-17/h5-7,12,20H,2-4,8-11,17H2,1H3. The second-order valence-electron chi connectivity index (χ2n) is 5.61. The lowest BCUT2D eigenvalue weighted by atomic mass is 9.90. The summed E-state index contributed by atoms with van der Waals surface area (Å²) in [6.07, 6.45) is 5.21. The van der Waals surface area contributed by atoms with Gasteiger partial charge in [0.25, 0.3) is 0 Å². The molecule has 1 aromatic carbocycles. The smallest absolute Gasteiger partial charge is 0.164 e. The Labute approximate surface area is 120 Å². The molecule has 110 valence electrons. The topological polar surface area (TPSA) is 66.6 Å². The summed E-state index contributed by atoms with van der Waals surface area (Å²) in [7, 11) is 1.90. The number of Topliss-reactive ketones (excluding diaryl/α,β-unsaturated/α-hetero) is 1. The minimum absolute atomic E-state index is 0.0541. The maximum Gasteiger partial charge on any atom is 0.164 e. The number of rotatable bonds is 5. The summed E-state index contributed by atoms with van der Waals surface area (Å²) in [6.45, 7) is 0.364. The second kappa shape index (κ2) is 6.37. The van der Waals surface area contributed by atoms with Gasteiger partial charge in [0.1, 0.15) is 5.72 Å². The van der Waals surface area contributed by atoms with Gasteiger partial charge in [-0.2, -0.15) is 0 Å². The summed E-state index contributed by atoms with van der Waals surface area (Å²) < 4.78 is 0. The lowest BCUT2D eigenvalue weighted by molar-refractivity contribution is 0.00542. The van der Waals surface area contributed by atoms with Crippen LogP contribution in [0.15, 0.2) is 24.3 Å². The number of hydrogen-bond donors (Lipinski definition) is 2. The van der Waals surface area contributed by atoms with Crippen molar-refractivity contribution < 1.29 is 9.90 Å². The summed E-state index contributed by atoms with van der Waals surface area (Å²) in [5.74, 6) is 0.0541. The first-order chi connectivity index (χ1) is 9.57. The number of nitrogens with zero attached hydrogens (tertiary/aromatic N) is 1. The SMILES string of the molecule is CN(c1cccc(C(=O)CCN)c1)C1(O)CCCCC1. The number of aliphatic hydroxyl groups is 1. The second-order valence-corrected chi connectivity index (χ2v) is 5.61. The van der Waals surface area contributed by atoms with Gasteiger partial charge < -0.3 is 15.7 Å². The van der Waals surface area contributed by atoms with Gasteiger partial charge in [0, 0.05) is 24.7 Å². The van der Waals surface area contributed by atoms with Gasteiger partial charge >= 0.3 is 0 Å². The van der Waals surface area contributed by atoms with E-state index in [-0.39, 0.29) is 5.78 Å². The molecule has 3 N–H and O–H groups in total. The van der Waals surface area contributed by atoms with Crippen LogP contribution in [0.4, 0.5) is 5.69 Å². The van der Waals surface area contributed by atoms with E-state index in [0.717, 1.165) is 31.4 Å². The number of carbonyl (C=O) groups excluding carboxylic acids is 1. The first-order valence-electron chi connectivity index (χ1n) is 7.36. The molecule has 1 aliphatic rings. The van der Waals surface area contributed by atoms with Crippen LogP contribution >= 0.6 is 0 Å². The van der Waals surface area contributed by atoms with Crippen LogP contribution < -0.4 is 10.6 Å². The van der Waals surface area contributed by atoms with Crippen molar-refractivity contribution in [2.75, 3.05) is 18.5 Å². The van der Waals surface area contributed by atoms with E-state index in [0.29, 0.717) is 18.5 Å². The number of benzene rings is 1. The van der Waals surface area contributed by atoms with Gasteiger partial charge in [-0.05, 0) is 44.4 Å². The van der Waals surface area contributed by atoms with E-state index in [1.807, 2.05) is 30.1 Å².